The highest BCUT2D eigenvalue weighted by molar-refractivity contribution is 6.36. The van der Waals surface area contributed by atoms with Gasteiger partial charge in [-0.3, -0.25) is 9.78 Å². The summed E-state index contributed by atoms with van der Waals surface area (Å²) in [5.74, 6) is -2.62. The first-order chi connectivity index (χ1) is 16.3. The van der Waals surface area contributed by atoms with E-state index in [-0.39, 0.29) is 37.7 Å². The van der Waals surface area contributed by atoms with Gasteiger partial charge in [-0.2, -0.15) is 0 Å². The van der Waals surface area contributed by atoms with Crippen molar-refractivity contribution in [1.82, 2.24) is 24.8 Å². The molecule has 1 saturated heterocycles. The van der Waals surface area contributed by atoms with E-state index < -0.39 is 11.8 Å². The van der Waals surface area contributed by atoms with Gasteiger partial charge < -0.3 is 10.2 Å². The summed E-state index contributed by atoms with van der Waals surface area (Å²) in [4.78, 5) is 32.4. The highest BCUT2D eigenvalue weighted by Gasteiger charge is 2.36. The summed E-state index contributed by atoms with van der Waals surface area (Å²) in [7, 11) is 0. The van der Waals surface area contributed by atoms with Gasteiger partial charge in [0.1, 0.15) is 17.5 Å². The molecule has 1 fully saturated rings. The molecule has 0 radical (unpaired) electrons. The number of rotatable bonds is 4. The average molecular weight is 483 g/mol. The number of likely N-dealkylation sites (tertiary alicyclic amines) is 1. The van der Waals surface area contributed by atoms with Crippen molar-refractivity contribution in [2.24, 2.45) is 0 Å². The zero-order valence-electron chi connectivity index (χ0n) is 18.3. The summed E-state index contributed by atoms with van der Waals surface area (Å²) in [6, 6.07) is 10.5. The number of carbonyl (C=O) groups excluding carboxylic acids is 1. The maximum atomic E-state index is 13.7. The van der Waals surface area contributed by atoms with Gasteiger partial charge in [0.15, 0.2) is 5.82 Å². The Bertz CT molecular complexity index is 1380. The van der Waals surface area contributed by atoms with Crippen LogP contribution in [0.25, 0.3) is 21.8 Å². The Morgan fingerprint density at radius 1 is 1.15 bits per heavy atom. The molecule has 1 amide bonds. The van der Waals surface area contributed by atoms with E-state index in [0.29, 0.717) is 33.0 Å². The van der Waals surface area contributed by atoms with Gasteiger partial charge in [-0.1, -0.05) is 23.7 Å². The number of hydrogen-bond donors (Lipinski definition) is 1. The van der Waals surface area contributed by atoms with Crippen molar-refractivity contribution < 1.29 is 13.6 Å². The molecule has 34 heavy (non-hydrogen) atoms. The predicted octanol–water partition coefficient (Wildman–Crippen LogP) is 5.27. The normalized spacial score (nSPS) is 16.5. The van der Waals surface area contributed by atoms with Crippen molar-refractivity contribution >= 4 is 45.1 Å². The number of nitrogens with one attached hydrogen (secondary N) is 1. The average Bonchev–Trinajstić information content (AvgIpc) is 2.83. The first kappa shape index (κ1) is 22.3. The molecule has 1 aliphatic rings. The van der Waals surface area contributed by atoms with E-state index in [9.17, 15) is 13.6 Å². The maximum absolute atomic E-state index is 13.7. The van der Waals surface area contributed by atoms with E-state index in [1.807, 2.05) is 25.1 Å². The SMILES string of the molecule is C[C@H](Nc1ncnc2cccnc12)c1cc2cccc(Cl)c2c(C(=O)N2CCC(F)(F)CC2)n1. The third kappa shape index (κ3) is 4.23. The smallest absolute Gasteiger partial charge is 0.273 e. The molecule has 7 nitrogen and oxygen atoms in total. The standard InChI is InChI=1S/C24H21ClF2N6O/c1-14(31-22-20-17(29-13-30-22)6-3-9-28-20)18-12-15-4-2-5-16(25)19(15)21(32-18)23(34)33-10-7-24(26,27)8-11-33/h2-6,9,12-14H,7-8,10-11H2,1H3,(H,29,30,31)/t14-/m0/s1. The molecule has 0 saturated carbocycles. The van der Waals surface area contributed by atoms with Crippen LogP contribution in [0.4, 0.5) is 14.6 Å². The Kier molecular flexibility index (Phi) is 5.73. The minimum Gasteiger partial charge on any atom is -0.360 e. The van der Waals surface area contributed by atoms with Crippen LogP contribution in [-0.2, 0) is 0 Å². The van der Waals surface area contributed by atoms with Gasteiger partial charge in [0.2, 0.25) is 0 Å². The Morgan fingerprint density at radius 2 is 1.94 bits per heavy atom. The van der Waals surface area contributed by atoms with Gasteiger partial charge >= 0.3 is 0 Å². The van der Waals surface area contributed by atoms with Crippen molar-refractivity contribution in [1.29, 1.82) is 0 Å². The van der Waals surface area contributed by atoms with Crippen LogP contribution in [0.2, 0.25) is 5.02 Å². The number of halogens is 3. The van der Waals surface area contributed by atoms with E-state index in [2.05, 4.69) is 25.3 Å². The zero-order chi connectivity index (χ0) is 23.9. The molecule has 1 N–H and O–H groups in total. The van der Waals surface area contributed by atoms with Gasteiger partial charge in [0, 0.05) is 37.5 Å². The van der Waals surface area contributed by atoms with Crippen LogP contribution in [0.5, 0.6) is 0 Å². The highest BCUT2D eigenvalue weighted by atomic mass is 35.5. The molecule has 0 unspecified atom stereocenters. The lowest BCUT2D eigenvalue weighted by Crippen LogP contribution is -2.43. The second-order valence-electron chi connectivity index (χ2n) is 8.34. The van der Waals surface area contributed by atoms with Crippen LogP contribution in [0, 0.1) is 0 Å². The van der Waals surface area contributed by atoms with E-state index >= 15 is 0 Å². The molecule has 3 aromatic heterocycles. The van der Waals surface area contributed by atoms with Crippen molar-refractivity contribution in [3.8, 4) is 0 Å². The number of benzene rings is 1. The summed E-state index contributed by atoms with van der Waals surface area (Å²) in [5, 5.41) is 4.94. The van der Waals surface area contributed by atoms with Gasteiger partial charge in [0.25, 0.3) is 11.8 Å². The molecule has 0 spiro atoms. The number of nitrogens with zero attached hydrogens (tertiary/aromatic N) is 5. The Hall–Kier alpha value is -3.46. The minimum atomic E-state index is -2.75. The predicted molar refractivity (Wildman–Crippen MR) is 126 cm³/mol. The number of pyridine rings is 2. The Balaban J connectivity index is 1.53. The number of amides is 1. The zero-order valence-corrected chi connectivity index (χ0v) is 19.1. The van der Waals surface area contributed by atoms with E-state index in [1.165, 1.54) is 11.2 Å². The number of alkyl halides is 2. The topological polar surface area (TPSA) is 83.9 Å². The number of anilines is 1. The van der Waals surface area contributed by atoms with Crippen LogP contribution in [0.1, 0.15) is 42.0 Å². The lowest BCUT2D eigenvalue weighted by atomic mass is 10.0. The van der Waals surface area contributed by atoms with Crippen LogP contribution in [0.3, 0.4) is 0 Å². The molecular weight excluding hydrogens is 462 g/mol. The number of fused-ring (bicyclic) bond motifs is 2. The van der Waals surface area contributed by atoms with Gasteiger partial charge in [-0.15, -0.1) is 0 Å². The van der Waals surface area contributed by atoms with Crippen LogP contribution < -0.4 is 5.32 Å². The monoisotopic (exact) mass is 482 g/mol. The van der Waals surface area contributed by atoms with Gasteiger partial charge in [0.05, 0.1) is 22.3 Å². The molecular formula is C24H21ClF2N6O. The van der Waals surface area contributed by atoms with Crippen LogP contribution >= 0.6 is 11.6 Å². The molecule has 5 rings (SSSR count). The van der Waals surface area contributed by atoms with Crippen molar-refractivity contribution in [3.63, 3.8) is 0 Å². The third-order valence-corrected chi connectivity index (χ3v) is 6.32. The maximum Gasteiger partial charge on any atom is 0.273 e. The molecule has 174 valence electrons. The fourth-order valence-electron chi connectivity index (χ4n) is 4.13. The molecule has 4 aromatic rings. The summed E-state index contributed by atoms with van der Waals surface area (Å²) in [6.07, 6.45) is 2.39. The highest BCUT2D eigenvalue weighted by Crippen LogP contribution is 2.33. The number of hydrogen-bond acceptors (Lipinski definition) is 6. The van der Waals surface area contributed by atoms with Crippen LogP contribution in [-0.4, -0.2) is 49.8 Å². The largest absolute Gasteiger partial charge is 0.360 e. The second-order valence-corrected chi connectivity index (χ2v) is 8.75. The fraction of sp³-hybridized carbons (Fsp3) is 0.292. The van der Waals surface area contributed by atoms with Crippen molar-refractivity contribution in [2.75, 3.05) is 18.4 Å². The number of aromatic nitrogens is 4. The van der Waals surface area contributed by atoms with E-state index in [4.69, 9.17) is 11.6 Å². The molecule has 10 heteroatoms. The Labute approximate surface area is 199 Å². The molecule has 4 heterocycles. The van der Waals surface area contributed by atoms with Crippen molar-refractivity contribution in [3.05, 3.63) is 65.3 Å². The molecule has 0 aliphatic carbocycles. The van der Waals surface area contributed by atoms with E-state index in [1.54, 1.807) is 24.4 Å². The fourth-order valence-corrected chi connectivity index (χ4v) is 4.40. The summed E-state index contributed by atoms with van der Waals surface area (Å²) in [6.45, 7) is 1.83. The van der Waals surface area contributed by atoms with Crippen LogP contribution in [0.15, 0.2) is 48.9 Å². The molecule has 1 aliphatic heterocycles. The first-order valence-electron chi connectivity index (χ1n) is 10.9. The van der Waals surface area contributed by atoms with Gasteiger partial charge in [-0.05, 0) is 36.6 Å². The molecule has 1 aromatic carbocycles. The second kappa shape index (κ2) is 8.72. The third-order valence-electron chi connectivity index (χ3n) is 6.00. The first-order valence-corrected chi connectivity index (χ1v) is 11.3. The quantitative estimate of drug-likeness (QED) is 0.426. The van der Waals surface area contributed by atoms with E-state index in [0.717, 1.165) is 5.39 Å². The van der Waals surface area contributed by atoms with Gasteiger partial charge in [-0.25, -0.2) is 23.7 Å². The number of carbonyl (C=O) groups is 1. The minimum absolute atomic E-state index is 0.0317. The number of piperidine rings is 1. The summed E-state index contributed by atoms with van der Waals surface area (Å²) in [5.41, 5.74) is 2.06. The summed E-state index contributed by atoms with van der Waals surface area (Å²) < 4.78 is 27.3. The Morgan fingerprint density at radius 3 is 2.74 bits per heavy atom. The van der Waals surface area contributed by atoms with Crippen molar-refractivity contribution in [2.45, 2.75) is 31.7 Å². The summed E-state index contributed by atoms with van der Waals surface area (Å²) >= 11 is 6.45. The lowest BCUT2D eigenvalue weighted by molar-refractivity contribution is -0.0494. The molecule has 0 bridgehead atoms. The lowest BCUT2D eigenvalue weighted by Gasteiger charge is -2.32. The molecule has 1 atom stereocenters.